The zero-order valence-corrected chi connectivity index (χ0v) is 18.2. The quantitative estimate of drug-likeness (QED) is 0.427. The first-order valence-electron chi connectivity index (χ1n) is 11.1. The molecule has 2 heterocycles. The Labute approximate surface area is 192 Å². The number of H-pyrrole nitrogens is 1. The molecular weight excluding hydrogens is 414 g/mol. The van der Waals surface area contributed by atoms with Crippen LogP contribution in [0.15, 0.2) is 85.1 Å². The van der Waals surface area contributed by atoms with Gasteiger partial charge in [-0.3, -0.25) is 9.69 Å². The number of anilines is 1. The van der Waals surface area contributed by atoms with E-state index in [4.69, 9.17) is 4.74 Å². The van der Waals surface area contributed by atoms with Gasteiger partial charge in [-0.05, 0) is 59.2 Å². The Hall–Kier alpha value is -4.06. The number of fused-ring (bicyclic) bond motifs is 1. The summed E-state index contributed by atoms with van der Waals surface area (Å²) in [5.41, 5.74) is 4.76. The van der Waals surface area contributed by atoms with Crippen LogP contribution in [0.5, 0.6) is 0 Å². The Morgan fingerprint density at radius 2 is 1.82 bits per heavy atom. The molecule has 166 valence electrons. The van der Waals surface area contributed by atoms with E-state index in [1.54, 1.807) is 0 Å². The summed E-state index contributed by atoms with van der Waals surface area (Å²) in [6, 6.07) is 25.0. The fourth-order valence-corrected chi connectivity index (χ4v) is 4.29. The van der Waals surface area contributed by atoms with Gasteiger partial charge >= 0.3 is 6.09 Å². The first-order valence-corrected chi connectivity index (χ1v) is 11.1. The van der Waals surface area contributed by atoms with Crippen LogP contribution in [-0.2, 0) is 16.1 Å². The third-order valence-corrected chi connectivity index (χ3v) is 6.01. The van der Waals surface area contributed by atoms with Crippen molar-refractivity contribution >= 4 is 28.6 Å². The summed E-state index contributed by atoms with van der Waals surface area (Å²) in [4.78, 5) is 30.4. The van der Waals surface area contributed by atoms with Gasteiger partial charge < -0.3 is 15.0 Å². The van der Waals surface area contributed by atoms with Crippen LogP contribution in [0.25, 0.3) is 22.0 Å². The third kappa shape index (κ3) is 4.60. The first kappa shape index (κ1) is 20.8. The number of rotatable bonds is 5. The second kappa shape index (κ2) is 9.20. The largest absolute Gasteiger partial charge is 0.445 e. The topological polar surface area (TPSA) is 74.4 Å². The van der Waals surface area contributed by atoms with Crippen LogP contribution >= 0.6 is 0 Å². The number of amides is 2. The van der Waals surface area contributed by atoms with Crippen LogP contribution in [0.4, 0.5) is 10.5 Å². The Bertz CT molecular complexity index is 1280. The molecule has 3 aromatic carbocycles. The summed E-state index contributed by atoms with van der Waals surface area (Å²) < 4.78 is 5.45. The van der Waals surface area contributed by atoms with E-state index in [9.17, 15) is 9.59 Å². The Morgan fingerprint density at radius 3 is 2.70 bits per heavy atom. The second-order valence-electron chi connectivity index (χ2n) is 8.24. The number of aromatic nitrogens is 1. The summed E-state index contributed by atoms with van der Waals surface area (Å²) >= 11 is 0. The summed E-state index contributed by atoms with van der Waals surface area (Å²) in [6.07, 6.45) is 2.86. The summed E-state index contributed by atoms with van der Waals surface area (Å²) in [6.45, 7) is 0.708. The molecule has 1 aliphatic rings. The van der Waals surface area contributed by atoms with E-state index in [1.807, 2.05) is 66.9 Å². The predicted octanol–water partition coefficient (Wildman–Crippen LogP) is 5.57. The van der Waals surface area contributed by atoms with Crippen LogP contribution in [0.1, 0.15) is 18.4 Å². The number of likely N-dealkylation sites (tertiary alicyclic amines) is 1. The van der Waals surface area contributed by atoms with Crippen molar-refractivity contribution in [2.75, 3.05) is 11.9 Å². The monoisotopic (exact) mass is 439 g/mol. The standard InChI is InChI=1S/C27H25N3O3/c31-26(25-10-5-15-30(25)27(32)33-18-19-6-2-1-3-7-19)29-23-9-4-8-21(16-23)22-12-11-20-13-14-28-24(20)17-22/h1-4,6-9,11-14,16-17,25,28H,5,10,15,18H2,(H,29,31). The zero-order chi connectivity index (χ0) is 22.6. The van der Waals surface area contributed by atoms with E-state index in [0.29, 0.717) is 18.7 Å². The van der Waals surface area contributed by atoms with Gasteiger partial charge in [-0.15, -0.1) is 0 Å². The van der Waals surface area contributed by atoms with Gasteiger partial charge in [-0.2, -0.15) is 0 Å². The van der Waals surface area contributed by atoms with Crippen LogP contribution in [0.3, 0.4) is 0 Å². The maximum absolute atomic E-state index is 13.0. The highest BCUT2D eigenvalue weighted by atomic mass is 16.6. The lowest BCUT2D eigenvalue weighted by Gasteiger charge is -2.23. The first-order chi connectivity index (χ1) is 16.2. The number of ether oxygens (including phenoxy) is 1. The van der Waals surface area contributed by atoms with Gasteiger partial charge in [0, 0.05) is 23.9 Å². The molecule has 6 nitrogen and oxygen atoms in total. The molecule has 1 unspecified atom stereocenters. The summed E-state index contributed by atoms with van der Waals surface area (Å²) in [5.74, 6) is -0.193. The highest BCUT2D eigenvalue weighted by Gasteiger charge is 2.35. The number of hydrogen-bond donors (Lipinski definition) is 2. The number of hydrogen-bond acceptors (Lipinski definition) is 3. The van der Waals surface area contributed by atoms with Gasteiger partial charge in [-0.1, -0.05) is 54.6 Å². The molecule has 5 rings (SSSR count). The molecule has 1 saturated heterocycles. The van der Waals surface area contributed by atoms with E-state index in [1.165, 1.54) is 4.90 Å². The van der Waals surface area contributed by atoms with Crippen LogP contribution in [-0.4, -0.2) is 34.5 Å². The molecule has 1 aromatic heterocycles. The van der Waals surface area contributed by atoms with E-state index < -0.39 is 12.1 Å². The molecule has 0 bridgehead atoms. The minimum atomic E-state index is -0.535. The highest BCUT2D eigenvalue weighted by molar-refractivity contribution is 5.97. The predicted molar refractivity (Wildman–Crippen MR) is 129 cm³/mol. The number of nitrogens with zero attached hydrogens (tertiary/aromatic N) is 1. The van der Waals surface area contributed by atoms with Crippen molar-refractivity contribution in [3.8, 4) is 11.1 Å². The molecule has 2 N–H and O–H groups in total. The van der Waals surface area contributed by atoms with Crippen LogP contribution in [0.2, 0.25) is 0 Å². The van der Waals surface area contributed by atoms with E-state index in [0.717, 1.165) is 34.0 Å². The van der Waals surface area contributed by atoms with Crippen molar-refractivity contribution in [3.05, 3.63) is 90.6 Å². The highest BCUT2D eigenvalue weighted by Crippen LogP contribution is 2.27. The van der Waals surface area contributed by atoms with Crippen molar-refractivity contribution in [1.82, 2.24) is 9.88 Å². The average molecular weight is 440 g/mol. The van der Waals surface area contributed by atoms with Gasteiger partial charge in [0.25, 0.3) is 0 Å². The summed E-state index contributed by atoms with van der Waals surface area (Å²) in [5, 5.41) is 4.14. The summed E-state index contributed by atoms with van der Waals surface area (Å²) in [7, 11) is 0. The van der Waals surface area contributed by atoms with Crippen molar-refractivity contribution in [3.63, 3.8) is 0 Å². The lowest BCUT2D eigenvalue weighted by Crippen LogP contribution is -2.43. The fourth-order valence-electron chi connectivity index (χ4n) is 4.29. The molecule has 33 heavy (non-hydrogen) atoms. The number of aromatic amines is 1. The SMILES string of the molecule is O=C(Nc1cccc(-c2ccc3cc[nH]c3c2)c1)C1CCCN1C(=O)OCc1ccccc1. The molecule has 2 amide bonds. The fraction of sp³-hybridized carbons (Fsp3) is 0.185. The third-order valence-electron chi connectivity index (χ3n) is 6.01. The minimum Gasteiger partial charge on any atom is -0.445 e. The molecule has 0 aliphatic carbocycles. The Balaban J connectivity index is 1.25. The minimum absolute atomic E-state index is 0.192. The van der Waals surface area contributed by atoms with Crippen molar-refractivity contribution < 1.29 is 14.3 Å². The van der Waals surface area contributed by atoms with Gasteiger partial charge in [-0.25, -0.2) is 4.79 Å². The number of carbonyl (C=O) groups is 2. The number of carbonyl (C=O) groups excluding carboxylic acids is 2. The molecule has 1 aliphatic heterocycles. The number of benzene rings is 3. The molecule has 1 fully saturated rings. The average Bonchev–Trinajstić information content (AvgIpc) is 3.53. The van der Waals surface area contributed by atoms with E-state index >= 15 is 0 Å². The van der Waals surface area contributed by atoms with Gasteiger partial charge in [0.15, 0.2) is 0 Å². The van der Waals surface area contributed by atoms with Crippen LogP contribution < -0.4 is 5.32 Å². The van der Waals surface area contributed by atoms with Crippen molar-refractivity contribution in [2.45, 2.75) is 25.5 Å². The molecule has 4 aromatic rings. The molecule has 0 radical (unpaired) electrons. The van der Waals surface area contributed by atoms with Crippen molar-refractivity contribution in [1.29, 1.82) is 0 Å². The second-order valence-corrected chi connectivity index (χ2v) is 8.24. The lowest BCUT2D eigenvalue weighted by molar-refractivity contribution is -0.120. The number of nitrogens with one attached hydrogen (secondary N) is 2. The van der Waals surface area contributed by atoms with Gasteiger partial charge in [0.2, 0.25) is 5.91 Å². The molecule has 6 heteroatoms. The smallest absolute Gasteiger partial charge is 0.410 e. The molecule has 1 atom stereocenters. The molecule has 0 saturated carbocycles. The Kier molecular flexibility index (Phi) is 5.81. The lowest BCUT2D eigenvalue weighted by atomic mass is 10.0. The van der Waals surface area contributed by atoms with Crippen molar-refractivity contribution in [2.24, 2.45) is 0 Å². The maximum atomic E-state index is 13.0. The van der Waals surface area contributed by atoms with E-state index in [-0.39, 0.29) is 12.5 Å². The van der Waals surface area contributed by atoms with Gasteiger partial charge in [0.1, 0.15) is 12.6 Å². The van der Waals surface area contributed by atoms with E-state index in [2.05, 4.69) is 28.5 Å². The van der Waals surface area contributed by atoms with Gasteiger partial charge in [0.05, 0.1) is 0 Å². The molecular formula is C27H25N3O3. The normalized spacial score (nSPS) is 15.5. The van der Waals surface area contributed by atoms with Crippen LogP contribution in [0, 0.1) is 0 Å². The Morgan fingerprint density at radius 1 is 0.970 bits per heavy atom. The zero-order valence-electron chi connectivity index (χ0n) is 18.2. The molecule has 0 spiro atoms. The maximum Gasteiger partial charge on any atom is 0.410 e.